The Labute approximate surface area is 191 Å². The van der Waals surface area contributed by atoms with E-state index in [1.165, 1.54) is 17.0 Å². The Hall–Kier alpha value is -2.40. The summed E-state index contributed by atoms with van der Waals surface area (Å²) in [4.78, 5) is 28.1. The number of halogens is 2. The molecule has 2 aromatic rings. The topological polar surface area (TPSA) is 99.9 Å². The first-order valence-corrected chi connectivity index (χ1v) is 8.93. The van der Waals surface area contributed by atoms with E-state index in [0.717, 1.165) is 11.1 Å². The summed E-state index contributed by atoms with van der Waals surface area (Å²) in [6.07, 6.45) is 0. The highest BCUT2D eigenvalue weighted by molar-refractivity contribution is 14.0. The summed E-state index contributed by atoms with van der Waals surface area (Å²) < 4.78 is 0. The number of likely N-dealkylation sites (N-methyl/N-ethyl adjacent to an activating group) is 1. The zero-order chi connectivity index (χ0) is 20.5. The van der Waals surface area contributed by atoms with Gasteiger partial charge >= 0.3 is 0 Å². The van der Waals surface area contributed by atoms with Gasteiger partial charge in [0, 0.05) is 37.8 Å². The molecule has 0 aromatic heterocycles. The monoisotopic (exact) mass is 531 g/mol. The third-order valence-electron chi connectivity index (χ3n) is 3.88. The molecule has 0 heterocycles. The Morgan fingerprint density at radius 2 is 1.79 bits per heavy atom. The van der Waals surface area contributed by atoms with Crippen LogP contribution in [0.1, 0.15) is 11.1 Å². The normalized spacial score (nSPS) is 10.7. The number of rotatable bonds is 7. The smallest absolute Gasteiger partial charge is 0.269 e. The fourth-order valence-electron chi connectivity index (χ4n) is 2.21. The standard InChI is InChI=1S/C19H22ClN5O3.HI/c1-24(2)18(26)13-23-19(22-12-15-5-3-4-6-17(15)20)21-11-14-7-9-16(10-8-14)25(27)28;/h3-10H,11-13H2,1-2H3,(H2,21,22,23);1H. The lowest BCUT2D eigenvalue weighted by atomic mass is 10.2. The van der Waals surface area contributed by atoms with Crippen LogP contribution in [-0.4, -0.2) is 42.3 Å². The maximum Gasteiger partial charge on any atom is 0.269 e. The predicted molar refractivity (Wildman–Crippen MR) is 125 cm³/mol. The molecule has 0 aliphatic carbocycles. The molecular formula is C19H23ClIN5O3. The van der Waals surface area contributed by atoms with Crippen molar-refractivity contribution in [3.05, 3.63) is 74.8 Å². The third-order valence-corrected chi connectivity index (χ3v) is 4.25. The molecule has 29 heavy (non-hydrogen) atoms. The Balaban J connectivity index is 0.00000420. The Bertz CT molecular complexity index is 859. The molecule has 0 saturated carbocycles. The molecule has 10 heteroatoms. The van der Waals surface area contributed by atoms with E-state index >= 15 is 0 Å². The van der Waals surface area contributed by atoms with Crippen LogP contribution in [0.5, 0.6) is 0 Å². The third kappa shape index (κ3) is 8.24. The number of hydrogen-bond acceptors (Lipinski definition) is 4. The molecule has 0 aliphatic heterocycles. The van der Waals surface area contributed by atoms with E-state index in [4.69, 9.17) is 11.6 Å². The number of non-ortho nitro benzene ring substituents is 1. The van der Waals surface area contributed by atoms with E-state index in [-0.39, 0.29) is 42.1 Å². The van der Waals surface area contributed by atoms with Crippen LogP contribution in [-0.2, 0) is 17.9 Å². The van der Waals surface area contributed by atoms with Crippen molar-refractivity contribution in [1.82, 2.24) is 15.5 Å². The fraction of sp³-hybridized carbons (Fsp3) is 0.263. The summed E-state index contributed by atoms with van der Waals surface area (Å²) in [5, 5.41) is 17.5. The molecule has 0 unspecified atom stereocenters. The molecular weight excluding hydrogens is 509 g/mol. The predicted octanol–water partition coefficient (Wildman–Crippen LogP) is 3.19. The van der Waals surface area contributed by atoms with Gasteiger partial charge < -0.3 is 15.5 Å². The highest BCUT2D eigenvalue weighted by atomic mass is 127. The van der Waals surface area contributed by atoms with Gasteiger partial charge in [-0.2, -0.15) is 0 Å². The van der Waals surface area contributed by atoms with Crippen molar-refractivity contribution in [3.8, 4) is 0 Å². The lowest BCUT2D eigenvalue weighted by Gasteiger charge is -2.15. The number of carbonyl (C=O) groups is 1. The lowest BCUT2D eigenvalue weighted by Crippen LogP contribution is -2.42. The lowest BCUT2D eigenvalue weighted by molar-refractivity contribution is -0.384. The van der Waals surface area contributed by atoms with Crippen molar-refractivity contribution in [3.63, 3.8) is 0 Å². The first-order valence-electron chi connectivity index (χ1n) is 8.56. The van der Waals surface area contributed by atoms with E-state index in [1.54, 1.807) is 32.3 Å². The first-order chi connectivity index (χ1) is 13.4. The minimum absolute atomic E-state index is 0. The van der Waals surface area contributed by atoms with E-state index in [9.17, 15) is 14.9 Å². The number of carbonyl (C=O) groups excluding carboxylic acids is 1. The summed E-state index contributed by atoms with van der Waals surface area (Å²) >= 11 is 6.17. The maximum atomic E-state index is 11.8. The van der Waals surface area contributed by atoms with Crippen molar-refractivity contribution >= 4 is 53.1 Å². The van der Waals surface area contributed by atoms with Gasteiger partial charge in [0.2, 0.25) is 5.91 Å². The maximum absolute atomic E-state index is 11.8. The molecule has 0 saturated heterocycles. The van der Waals surface area contributed by atoms with Crippen LogP contribution in [0.25, 0.3) is 0 Å². The first kappa shape index (κ1) is 24.6. The number of aliphatic imine (C=N–C) groups is 1. The van der Waals surface area contributed by atoms with Crippen LogP contribution in [0, 0.1) is 10.1 Å². The number of nitrogens with zero attached hydrogens (tertiary/aromatic N) is 3. The van der Waals surface area contributed by atoms with Gasteiger partial charge in [0.05, 0.1) is 18.0 Å². The van der Waals surface area contributed by atoms with Crippen LogP contribution < -0.4 is 10.6 Å². The molecule has 2 N–H and O–H groups in total. The highest BCUT2D eigenvalue weighted by Crippen LogP contribution is 2.14. The van der Waals surface area contributed by atoms with Crippen LogP contribution in [0.3, 0.4) is 0 Å². The van der Waals surface area contributed by atoms with Gasteiger partial charge in [-0.25, -0.2) is 4.99 Å². The summed E-state index contributed by atoms with van der Waals surface area (Å²) in [6, 6.07) is 13.6. The van der Waals surface area contributed by atoms with Gasteiger partial charge in [0.1, 0.15) is 0 Å². The Morgan fingerprint density at radius 3 is 2.38 bits per heavy atom. The molecule has 0 atom stereocenters. The summed E-state index contributed by atoms with van der Waals surface area (Å²) in [6.45, 7) is 0.815. The molecule has 0 spiro atoms. The number of amides is 1. The summed E-state index contributed by atoms with van der Waals surface area (Å²) in [7, 11) is 3.35. The molecule has 0 bridgehead atoms. The quantitative estimate of drug-likeness (QED) is 0.188. The number of nitro groups is 1. The van der Waals surface area contributed by atoms with Crippen molar-refractivity contribution < 1.29 is 9.72 Å². The summed E-state index contributed by atoms with van der Waals surface area (Å²) in [5.41, 5.74) is 1.73. The molecule has 0 aliphatic rings. The molecule has 2 rings (SSSR count). The van der Waals surface area contributed by atoms with Crippen molar-refractivity contribution in [2.24, 2.45) is 4.99 Å². The number of guanidine groups is 1. The van der Waals surface area contributed by atoms with E-state index < -0.39 is 4.92 Å². The van der Waals surface area contributed by atoms with Crippen molar-refractivity contribution in [2.75, 3.05) is 20.6 Å². The van der Waals surface area contributed by atoms with Crippen LogP contribution in [0.2, 0.25) is 5.02 Å². The SMILES string of the molecule is CN(C)C(=O)CNC(=NCc1ccc([N+](=O)[O-])cc1)NCc1ccccc1Cl.I. The number of nitrogens with one attached hydrogen (secondary N) is 2. The molecule has 2 aromatic carbocycles. The fourth-order valence-corrected chi connectivity index (χ4v) is 2.41. The second kappa shape index (κ2) is 12.2. The molecule has 0 fully saturated rings. The van der Waals surface area contributed by atoms with Gasteiger partial charge in [-0.1, -0.05) is 41.9 Å². The highest BCUT2D eigenvalue weighted by Gasteiger charge is 2.08. The van der Waals surface area contributed by atoms with E-state index in [2.05, 4.69) is 15.6 Å². The van der Waals surface area contributed by atoms with Crippen LogP contribution in [0.15, 0.2) is 53.5 Å². The zero-order valence-electron chi connectivity index (χ0n) is 16.1. The van der Waals surface area contributed by atoms with Crippen LogP contribution >= 0.6 is 35.6 Å². The average molecular weight is 532 g/mol. The van der Waals surface area contributed by atoms with Gasteiger partial charge in [-0.05, 0) is 17.2 Å². The number of benzene rings is 2. The minimum atomic E-state index is -0.446. The number of hydrogen-bond donors (Lipinski definition) is 2. The second-order valence-corrected chi connectivity index (χ2v) is 6.58. The zero-order valence-corrected chi connectivity index (χ0v) is 19.2. The second-order valence-electron chi connectivity index (χ2n) is 6.18. The van der Waals surface area contributed by atoms with Gasteiger partial charge in [0.15, 0.2) is 5.96 Å². The summed E-state index contributed by atoms with van der Waals surface area (Å²) in [5.74, 6) is 0.344. The van der Waals surface area contributed by atoms with Gasteiger partial charge in [-0.3, -0.25) is 14.9 Å². The minimum Gasteiger partial charge on any atom is -0.352 e. The molecule has 8 nitrogen and oxygen atoms in total. The van der Waals surface area contributed by atoms with Crippen molar-refractivity contribution in [1.29, 1.82) is 0 Å². The van der Waals surface area contributed by atoms with Gasteiger partial charge in [0.25, 0.3) is 5.69 Å². The molecule has 156 valence electrons. The van der Waals surface area contributed by atoms with E-state index in [0.29, 0.717) is 24.1 Å². The Morgan fingerprint density at radius 1 is 1.14 bits per heavy atom. The number of nitro benzene ring substituents is 1. The van der Waals surface area contributed by atoms with Gasteiger partial charge in [-0.15, -0.1) is 24.0 Å². The van der Waals surface area contributed by atoms with Crippen LogP contribution in [0.4, 0.5) is 5.69 Å². The molecule has 0 radical (unpaired) electrons. The molecule has 1 amide bonds. The largest absolute Gasteiger partial charge is 0.352 e. The van der Waals surface area contributed by atoms with Crippen molar-refractivity contribution in [2.45, 2.75) is 13.1 Å². The van der Waals surface area contributed by atoms with E-state index in [1.807, 2.05) is 18.2 Å². The Kier molecular flexibility index (Phi) is 10.4. The average Bonchev–Trinajstić information content (AvgIpc) is 2.68.